The van der Waals surface area contributed by atoms with Crippen molar-refractivity contribution in [2.24, 2.45) is 0 Å². The van der Waals surface area contributed by atoms with Gasteiger partial charge in [0.05, 0.1) is 40.5 Å². The van der Waals surface area contributed by atoms with E-state index in [-0.39, 0.29) is 17.6 Å². The van der Waals surface area contributed by atoms with Gasteiger partial charge in [-0.25, -0.2) is 0 Å². The zero-order chi connectivity index (χ0) is 55.7. The number of ether oxygens (including phenoxy) is 2. The summed E-state index contributed by atoms with van der Waals surface area (Å²) in [6.45, 7) is 12.9. The van der Waals surface area contributed by atoms with Crippen LogP contribution in [0.4, 0.5) is 13.2 Å². The van der Waals surface area contributed by atoms with Gasteiger partial charge in [-0.15, -0.1) is 0 Å². The molecule has 0 fully saturated rings. The molecule has 13 rings (SSSR count). The van der Waals surface area contributed by atoms with E-state index in [1.807, 2.05) is 16.7 Å². The van der Waals surface area contributed by atoms with Crippen molar-refractivity contribution in [2.75, 3.05) is 0 Å². The van der Waals surface area contributed by atoms with Gasteiger partial charge in [0, 0.05) is 33.0 Å². The second-order valence-corrected chi connectivity index (χ2v) is 22.3. The van der Waals surface area contributed by atoms with Gasteiger partial charge in [0.25, 0.3) is 0 Å². The molecule has 12 aromatic rings. The molecule has 1 aliphatic carbocycles. The molecule has 9 heteroatoms. The number of rotatable bonds is 14. The van der Waals surface area contributed by atoms with Crippen LogP contribution in [-0.2, 0) is 11.6 Å². The third-order valence-corrected chi connectivity index (χ3v) is 17.7. The normalized spacial score (nSPS) is 13.7. The van der Waals surface area contributed by atoms with Crippen LogP contribution in [0.5, 0.6) is 11.5 Å². The van der Waals surface area contributed by atoms with Crippen molar-refractivity contribution in [1.29, 1.82) is 0 Å². The van der Waals surface area contributed by atoms with Crippen LogP contribution in [0.2, 0.25) is 0 Å². The number of aromatic nitrogens is 3. The van der Waals surface area contributed by atoms with Gasteiger partial charge in [0.15, 0.2) is 0 Å². The number of benzene rings is 10. The fraction of sp³-hybridized carbons (Fsp3) is 0.194. The third-order valence-electron chi connectivity index (χ3n) is 17.2. The first-order valence-corrected chi connectivity index (χ1v) is 29.0. The van der Waals surface area contributed by atoms with Crippen LogP contribution in [0.3, 0.4) is 0 Å². The van der Waals surface area contributed by atoms with Crippen molar-refractivity contribution < 1.29 is 22.6 Å². The van der Waals surface area contributed by atoms with E-state index in [1.165, 1.54) is 35.0 Å². The van der Waals surface area contributed by atoms with E-state index in [9.17, 15) is 13.2 Å². The summed E-state index contributed by atoms with van der Waals surface area (Å²) in [5.41, 5.74) is 18.0. The maximum atomic E-state index is 14.6. The number of fused-ring (bicyclic) bond motifs is 8. The van der Waals surface area contributed by atoms with Gasteiger partial charge in [-0.3, -0.25) is 0 Å². The lowest BCUT2D eigenvalue weighted by molar-refractivity contribution is -0.137. The Hall–Kier alpha value is -8.53. The molecule has 2 heterocycles. The van der Waals surface area contributed by atoms with Crippen LogP contribution in [0.25, 0.3) is 116 Å². The largest absolute Gasteiger partial charge is 0.491 e. The Morgan fingerprint density at radius 2 is 1.00 bits per heavy atom. The fourth-order valence-electron chi connectivity index (χ4n) is 12.5. The summed E-state index contributed by atoms with van der Waals surface area (Å²) in [6.07, 6.45) is -0.770. The predicted octanol–water partition coefficient (Wildman–Crippen LogP) is 20.7. The Morgan fingerprint density at radius 1 is 0.457 bits per heavy atom. The molecule has 81 heavy (non-hydrogen) atoms. The zero-order valence-electron chi connectivity index (χ0n) is 46.2. The van der Waals surface area contributed by atoms with Crippen molar-refractivity contribution >= 4 is 55.3 Å². The topological polar surface area (TPSA) is 49.2 Å². The molecule has 0 saturated heterocycles. The Kier molecular flexibility index (Phi) is 13.2. The molecule has 0 N–H and O–H groups in total. The van der Waals surface area contributed by atoms with Crippen LogP contribution in [-0.4, -0.2) is 25.5 Å². The third kappa shape index (κ3) is 9.03. The SMILES string of the molecule is CCC(C)Oc1ccc(-c2cc(-c3ccc(OC(C)CC)cc3)cc(-c3ccc(-c4ccc5c(c4)C(CC)(CC)c4cc(-n6c7ccc(-c8cccc9ccccc89)cc7c7ccc(C(F)(F)F)cc76)ccc4-5)c4nsnc34)c2)cc1. The number of halogens is 3. The molecular weight excluding hydrogens is 1030 g/mol. The van der Waals surface area contributed by atoms with Crippen LogP contribution in [0, 0.1) is 0 Å². The van der Waals surface area contributed by atoms with Crippen LogP contribution < -0.4 is 9.47 Å². The summed E-state index contributed by atoms with van der Waals surface area (Å²) in [7, 11) is 0. The van der Waals surface area contributed by atoms with Gasteiger partial charge in [0.1, 0.15) is 22.5 Å². The monoisotopic (exact) mass is 1090 g/mol. The Labute approximate surface area is 474 Å². The molecule has 0 spiro atoms. The van der Waals surface area contributed by atoms with Gasteiger partial charge in [-0.05, 0) is 202 Å². The molecule has 2 aromatic heterocycles. The van der Waals surface area contributed by atoms with Crippen molar-refractivity contribution in [3.8, 4) is 83.9 Å². The Morgan fingerprint density at radius 3 is 1.63 bits per heavy atom. The first kappa shape index (κ1) is 51.9. The first-order chi connectivity index (χ1) is 39.4. The second-order valence-electron chi connectivity index (χ2n) is 21.7. The van der Waals surface area contributed by atoms with E-state index >= 15 is 0 Å². The number of nitrogens with zero attached hydrogens (tertiary/aromatic N) is 3. The number of hydrogen-bond acceptors (Lipinski definition) is 5. The smallest absolute Gasteiger partial charge is 0.416 e. The van der Waals surface area contributed by atoms with Crippen molar-refractivity contribution in [2.45, 2.75) is 91.0 Å². The zero-order valence-corrected chi connectivity index (χ0v) is 47.0. The average Bonchev–Trinajstić information content (AvgIpc) is 4.22. The molecule has 2 unspecified atom stereocenters. The lowest BCUT2D eigenvalue weighted by Crippen LogP contribution is -2.23. The summed E-state index contributed by atoms with van der Waals surface area (Å²) in [5, 5.41) is 3.91. The molecule has 0 aliphatic heterocycles. The van der Waals surface area contributed by atoms with Crippen LogP contribution in [0.15, 0.2) is 194 Å². The highest BCUT2D eigenvalue weighted by molar-refractivity contribution is 7.00. The Balaban J connectivity index is 0.896. The average molecular weight is 1090 g/mol. The van der Waals surface area contributed by atoms with Crippen molar-refractivity contribution in [3.05, 3.63) is 211 Å². The summed E-state index contributed by atoms with van der Waals surface area (Å²) in [4.78, 5) is 0. The molecule has 5 nitrogen and oxygen atoms in total. The van der Waals surface area contributed by atoms with E-state index in [2.05, 4.69) is 205 Å². The van der Waals surface area contributed by atoms with E-state index in [0.29, 0.717) is 5.52 Å². The van der Waals surface area contributed by atoms with Gasteiger partial charge in [0.2, 0.25) is 0 Å². The van der Waals surface area contributed by atoms with Crippen molar-refractivity contribution in [3.63, 3.8) is 0 Å². The lowest BCUT2D eigenvalue weighted by Gasteiger charge is -2.30. The fourth-order valence-corrected chi connectivity index (χ4v) is 13.0. The maximum absolute atomic E-state index is 14.6. The molecule has 0 radical (unpaired) electrons. The van der Waals surface area contributed by atoms with E-state index in [4.69, 9.17) is 18.2 Å². The molecule has 0 saturated carbocycles. The van der Waals surface area contributed by atoms with E-state index in [0.717, 1.165) is 148 Å². The van der Waals surface area contributed by atoms with Gasteiger partial charge < -0.3 is 14.0 Å². The van der Waals surface area contributed by atoms with Gasteiger partial charge in [-0.2, -0.15) is 21.9 Å². The van der Waals surface area contributed by atoms with Crippen molar-refractivity contribution in [1.82, 2.24) is 13.3 Å². The molecule has 1 aliphatic rings. The van der Waals surface area contributed by atoms with E-state index < -0.39 is 11.7 Å². The predicted molar refractivity (Wildman–Crippen MR) is 329 cm³/mol. The Bertz CT molecular complexity index is 4300. The first-order valence-electron chi connectivity index (χ1n) is 28.2. The second kappa shape index (κ2) is 20.5. The van der Waals surface area contributed by atoms with E-state index in [1.54, 1.807) is 6.07 Å². The molecule has 10 aromatic carbocycles. The minimum Gasteiger partial charge on any atom is -0.491 e. The van der Waals surface area contributed by atoms with Crippen LogP contribution >= 0.6 is 11.7 Å². The summed E-state index contributed by atoms with van der Waals surface area (Å²) in [6, 6.07) is 66.2. The molecule has 0 amide bonds. The summed E-state index contributed by atoms with van der Waals surface area (Å²) >= 11 is 1.22. The number of hydrogen-bond donors (Lipinski definition) is 0. The summed E-state index contributed by atoms with van der Waals surface area (Å²) in [5.74, 6) is 1.69. The molecular formula is C72H60F3N3O2S. The lowest BCUT2D eigenvalue weighted by atomic mass is 9.73. The quantitative estimate of drug-likeness (QED) is 0.109. The highest BCUT2D eigenvalue weighted by Crippen LogP contribution is 2.55. The minimum absolute atomic E-state index is 0.122. The maximum Gasteiger partial charge on any atom is 0.416 e. The van der Waals surface area contributed by atoms with Crippen LogP contribution in [0.1, 0.15) is 83.9 Å². The minimum atomic E-state index is -4.51. The summed E-state index contributed by atoms with van der Waals surface area (Å²) < 4.78 is 68.2. The molecule has 2 atom stereocenters. The highest BCUT2D eigenvalue weighted by Gasteiger charge is 2.41. The molecule has 402 valence electrons. The van der Waals surface area contributed by atoms with Gasteiger partial charge in [-0.1, -0.05) is 137 Å². The highest BCUT2D eigenvalue weighted by atomic mass is 32.1. The standard InChI is InChI=1S/C72H60F3N3O2S/c1-7-43(5)79-55-26-18-45(19-27-55)50-36-51(46-20-28-56(29-21-46)80-44(6)8-2)38-52(37-50)60-34-33-59(69-70(60)77-81-76-69)49-22-30-61-62-32-25-54(42-66(62)71(9-3,10-4)65(61)40-49)78-67-35-23-48(58-17-13-15-47-14-11-12-16-57(47)58)39-64(67)63-31-24-53(41-68(63)78)72(73,74)75/h11-44H,7-10H2,1-6H3. The number of alkyl halides is 3. The molecule has 0 bridgehead atoms. The van der Waals surface area contributed by atoms with Gasteiger partial charge >= 0.3 is 6.18 Å².